The summed E-state index contributed by atoms with van der Waals surface area (Å²) in [5, 5.41) is 8.68. The lowest BCUT2D eigenvalue weighted by molar-refractivity contribution is -0.130. The maximum absolute atomic E-state index is 12.4. The smallest absolute Gasteiger partial charge is 0.262 e. The summed E-state index contributed by atoms with van der Waals surface area (Å²) >= 11 is 1.30. The van der Waals surface area contributed by atoms with Crippen LogP contribution in [0.1, 0.15) is 34.9 Å². The zero-order valence-corrected chi connectivity index (χ0v) is 16.0. The summed E-state index contributed by atoms with van der Waals surface area (Å²) in [5.74, 6) is -1.35. The van der Waals surface area contributed by atoms with E-state index in [-0.39, 0.29) is 18.4 Å². The molecule has 2 aromatic rings. The van der Waals surface area contributed by atoms with Crippen molar-refractivity contribution in [2.45, 2.75) is 40.3 Å². The van der Waals surface area contributed by atoms with E-state index in [2.05, 4.69) is 21.3 Å². The number of hydrogen-bond donors (Lipinski definition) is 3. The minimum absolute atomic E-state index is 0.00610. The summed E-state index contributed by atoms with van der Waals surface area (Å²) in [6, 6.07) is 4.55. The Morgan fingerprint density at radius 2 is 1.96 bits per heavy atom. The lowest BCUT2D eigenvalue weighted by Gasteiger charge is -2.21. The fraction of sp³-hybridized carbons (Fsp3) is 0.412. The number of carbonyl (C=O) groups is 3. The van der Waals surface area contributed by atoms with E-state index in [4.69, 9.17) is 0 Å². The van der Waals surface area contributed by atoms with Crippen LogP contribution in [-0.2, 0) is 16.1 Å². The van der Waals surface area contributed by atoms with Crippen molar-refractivity contribution in [2.75, 3.05) is 0 Å². The Bertz CT molecular complexity index is 782. The molecule has 0 bridgehead atoms. The summed E-state index contributed by atoms with van der Waals surface area (Å²) in [7, 11) is 0. The van der Waals surface area contributed by atoms with E-state index >= 15 is 0 Å². The highest BCUT2D eigenvalue weighted by Crippen LogP contribution is 2.10. The highest BCUT2D eigenvalue weighted by Gasteiger charge is 2.25. The molecule has 0 aliphatic carbocycles. The monoisotopic (exact) mass is 377 g/mol. The fourth-order valence-electron chi connectivity index (χ4n) is 2.37. The van der Waals surface area contributed by atoms with Crippen LogP contribution in [0.4, 0.5) is 0 Å². The molecule has 1 atom stereocenters. The first-order valence-corrected chi connectivity index (χ1v) is 9.10. The molecule has 0 aromatic carbocycles. The van der Waals surface area contributed by atoms with Crippen molar-refractivity contribution in [1.82, 2.24) is 25.9 Å². The molecule has 0 unspecified atom stereocenters. The van der Waals surface area contributed by atoms with Gasteiger partial charge in [0, 0.05) is 5.69 Å². The second-order valence-electron chi connectivity index (χ2n) is 6.29. The third kappa shape index (κ3) is 5.16. The van der Waals surface area contributed by atoms with Gasteiger partial charge in [-0.2, -0.15) is 5.10 Å². The first-order valence-electron chi connectivity index (χ1n) is 8.22. The lowest BCUT2D eigenvalue weighted by atomic mass is 10.0. The van der Waals surface area contributed by atoms with Gasteiger partial charge in [-0.15, -0.1) is 11.3 Å². The predicted molar refractivity (Wildman–Crippen MR) is 98.4 cm³/mol. The molecule has 0 aliphatic heterocycles. The number of thiophene rings is 1. The number of rotatable bonds is 6. The maximum Gasteiger partial charge on any atom is 0.262 e. The molecule has 2 rings (SSSR count). The molecule has 26 heavy (non-hydrogen) atoms. The van der Waals surface area contributed by atoms with Gasteiger partial charge in [0.15, 0.2) is 0 Å². The van der Waals surface area contributed by atoms with Gasteiger partial charge in [0.25, 0.3) is 17.7 Å². The van der Waals surface area contributed by atoms with Gasteiger partial charge in [-0.05, 0) is 37.3 Å². The van der Waals surface area contributed by atoms with Gasteiger partial charge in [-0.25, -0.2) is 0 Å². The van der Waals surface area contributed by atoms with E-state index in [1.54, 1.807) is 22.2 Å². The third-order valence-corrected chi connectivity index (χ3v) is 4.57. The van der Waals surface area contributed by atoms with Crippen LogP contribution in [0.25, 0.3) is 0 Å². The molecule has 0 spiro atoms. The molecule has 3 amide bonds. The van der Waals surface area contributed by atoms with Crippen molar-refractivity contribution >= 4 is 29.1 Å². The fourth-order valence-corrected chi connectivity index (χ4v) is 3.00. The molecule has 0 aliphatic rings. The highest BCUT2D eigenvalue weighted by molar-refractivity contribution is 7.12. The number of amides is 3. The van der Waals surface area contributed by atoms with Crippen molar-refractivity contribution < 1.29 is 14.4 Å². The number of aromatic nitrogens is 2. The molecule has 9 heteroatoms. The van der Waals surface area contributed by atoms with Gasteiger partial charge in [0.05, 0.1) is 10.6 Å². The summed E-state index contributed by atoms with van der Waals surface area (Å²) in [4.78, 5) is 37.1. The van der Waals surface area contributed by atoms with Crippen LogP contribution < -0.4 is 16.2 Å². The van der Waals surface area contributed by atoms with Crippen LogP contribution >= 0.6 is 11.3 Å². The van der Waals surface area contributed by atoms with Crippen LogP contribution in [-0.4, -0.2) is 33.5 Å². The van der Waals surface area contributed by atoms with Gasteiger partial charge < -0.3 is 5.32 Å². The molecule has 8 nitrogen and oxygen atoms in total. The molecule has 0 radical (unpaired) electrons. The predicted octanol–water partition coefficient (Wildman–Crippen LogP) is 1.16. The quantitative estimate of drug-likeness (QED) is 0.657. The molecule has 2 aromatic heterocycles. The Balaban J connectivity index is 1.89. The number of nitrogens with one attached hydrogen (secondary N) is 3. The van der Waals surface area contributed by atoms with Crippen molar-refractivity contribution in [1.29, 1.82) is 0 Å². The molecule has 2 heterocycles. The van der Waals surface area contributed by atoms with E-state index in [0.717, 1.165) is 11.4 Å². The molecule has 3 N–H and O–H groups in total. The molecular formula is C17H23N5O3S. The Kier molecular flexibility index (Phi) is 6.51. The largest absolute Gasteiger partial charge is 0.339 e. The second kappa shape index (κ2) is 8.61. The van der Waals surface area contributed by atoms with E-state index < -0.39 is 17.9 Å². The Labute approximate surface area is 155 Å². The molecule has 0 saturated heterocycles. The molecular weight excluding hydrogens is 354 g/mol. The zero-order chi connectivity index (χ0) is 19.3. The topological polar surface area (TPSA) is 105 Å². The van der Waals surface area contributed by atoms with Crippen LogP contribution in [0.5, 0.6) is 0 Å². The standard InChI is InChI=1S/C17H23N5O3S/c1-10(2)15(18-16(24)13-6-5-7-26-13)17(25)20-19-14(23)9-22-12(4)8-11(3)21-22/h5-8,10,15H,9H2,1-4H3,(H,18,24)(H,19,23)(H,20,25)/t15-/m1/s1. The molecule has 0 saturated carbocycles. The summed E-state index contributed by atoms with van der Waals surface area (Å²) in [6.07, 6.45) is 0. The van der Waals surface area contributed by atoms with Crippen molar-refractivity contribution in [3.8, 4) is 0 Å². The van der Waals surface area contributed by atoms with Crippen LogP contribution in [0.3, 0.4) is 0 Å². The summed E-state index contributed by atoms with van der Waals surface area (Å²) in [6.45, 7) is 7.31. The van der Waals surface area contributed by atoms with E-state index in [1.807, 2.05) is 33.8 Å². The number of hydrazine groups is 1. The van der Waals surface area contributed by atoms with Crippen molar-refractivity contribution in [2.24, 2.45) is 5.92 Å². The minimum atomic E-state index is -0.765. The average molecular weight is 377 g/mol. The van der Waals surface area contributed by atoms with Gasteiger partial charge in [0.1, 0.15) is 12.6 Å². The van der Waals surface area contributed by atoms with Crippen LogP contribution in [0.2, 0.25) is 0 Å². The Hall–Kier alpha value is -2.68. The van der Waals surface area contributed by atoms with Crippen LogP contribution in [0, 0.1) is 19.8 Å². The maximum atomic E-state index is 12.4. The minimum Gasteiger partial charge on any atom is -0.339 e. The second-order valence-corrected chi connectivity index (χ2v) is 7.24. The number of hydrogen-bond acceptors (Lipinski definition) is 5. The molecule has 0 fully saturated rings. The van der Waals surface area contributed by atoms with Crippen molar-refractivity contribution in [3.63, 3.8) is 0 Å². The van der Waals surface area contributed by atoms with Crippen molar-refractivity contribution in [3.05, 3.63) is 39.8 Å². The lowest BCUT2D eigenvalue weighted by Crippen LogP contribution is -2.54. The van der Waals surface area contributed by atoms with E-state index in [1.165, 1.54) is 11.3 Å². The van der Waals surface area contributed by atoms with Gasteiger partial charge >= 0.3 is 0 Å². The van der Waals surface area contributed by atoms with Gasteiger partial charge in [-0.1, -0.05) is 19.9 Å². The third-order valence-electron chi connectivity index (χ3n) is 3.70. The van der Waals surface area contributed by atoms with Gasteiger partial charge in [0.2, 0.25) is 0 Å². The zero-order valence-electron chi connectivity index (χ0n) is 15.2. The van der Waals surface area contributed by atoms with E-state index in [0.29, 0.717) is 4.88 Å². The molecule has 140 valence electrons. The summed E-state index contributed by atoms with van der Waals surface area (Å²) in [5.41, 5.74) is 6.40. The normalized spacial score (nSPS) is 11.9. The Morgan fingerprint density at radius 3 is 2.50 bits per heavy atom. The summed E-state index contributed by atoms with van der Waals surface area (Å²) < 4.78 is 1.55. The van der Waals surface area contributed by atoms with Crippen LogP contribution in [0.15, 0.2) is 23.6 Å². The van der Waals surface area contributed by atoms with E-state index in [9.17, 15) is 14.4 Å². The van der Waals surface area contributed by atoms with Gasteiger partial charge in [-0.3, -0.25) is 29.9 Å². The average Bonchev–Trinajstić information content (AvgIpc) is 3.20. The highest BCUT2D eigenvalue weighted by atomic mass is 32.1. The number of nitrogens with zero attached hydrogens (tertiary/aromatic N) is 2. The first-order chi connectivity index (χ1) is 12.3. The Morgan fingerprint density at radius 1 is 1.23 bits per heavy atom. The SMILES string of the molecule is Cc1cc(C)n(CC(=O)NNC(=O)[C@H](NC(=O)c2cccs2)C(C)C)n1. The first kappa shape index (κ1) is 19.6. The number of aryl methyl sites for hydroxylation is 2. The number of carbonyl (C=O) groups excluding carboxylic acids is 3.